The van der Waals surface area contributed by atoms with Crippen molar-refractivity contribution in [3.63, 3.8) is 0 Å². The van der Waals surface area contributed by atoms with Crippen molar-refractivity contribution in [2.24, 2.45) is 28.6 Å². The summed E-state index contributed by atoms with van der Waals surface area (Å²) in [4.78, 5) is 31.1. The Kier molecular flexibility index (Phi) is 9.24. The van der Waals surface area contributed by atoms with Crippen LogP contribution in [0.15, 0.2) is 18.2 Å². The van der Waals surface area contributed by atoms with E-state index >= 15 is 0 Å². The van der Waals surface area contributed by atoms with Gasteiger partial charge in [-0.15, -0.1) is 13.2 Å². The zero-order valence-corrected chi connectivity index (χ0v) is 25.7. The molecule has 0 spiro atoms. The lowest BCUT2D eigenvalue weighted by atomic mass is 9.77. The first-order valence-electron chi connectivity index (χ1n) is 15.5. The number of carbonyl (C=O) groups excluding carboxylic acids is 2. The summed E-state index contributed by atoms with van der Waals surface area (Å²) in [5.41, 5.74) is 0.855. The van der Waals surface area contributed by atoms with Gasteiger partial charge in [-0.2, -0.15) is 0 Å². The van der Waals surface area contributed by atoms with Gasteiger partial charge in [-0.3, -0.25) is 4.79 Å². The van der Waals surface area contributed by atoms with Crippen molar-refractivity contribution in [1.82, 2.24) is 9.80 Å². The van der Waals surface area contributed by atoms with E-state index in [1.54, 1.807) is 23.0 Å². The van der Waals surface area contributed by atoms with E-state index in [4.69, 9.17) is 14.2 Å². The molecule has 5 rings (SSSR count). The Morgan fingerprint density at radius 2 is 1.93 bits per heavy atom. The van der Waals surface area contributed by atoms with Crippen LogP contribution in [0.5, 0.6) is 5.75 Å². The molecule has 1 aromatic carbocycles. The highest BCUT2D eigenvalue weighted by molar-refractivity contribution is 5.86. The fraction of sp³-hybridized carbons (Fsp3) is 0.750. The smallest absolute Gasteiger partial charge is 0.449 e. The highest BCUT2D eigenvalue weighted by Crippen LogP contribution is 2.55. The largest absolute Gasteiger partial charge is 0.573 e. The Morgan fingerprint density at radius 3 is 2.65 bits per heavy atom. The number of fused-ring (bicyclic) bond motifs is 2. The van der Waals surface area contributed by atoms with Crippen molar-refractivity contribution < 1.29 is 41.7 Å². The third kappa shape index (κ3) is 7.41. The van der Waals surface area contributed by atoms with E-state index < -0.39 is 11.8 Å². The number of methoxy groups -OCH3 is 1. The molecule has 4 aliphatic rings. The predicted molar refractivity (Wildman–Crippen MR) is 152 cm³/mol. The second-order valence-corrected chi connectivity index (χ2v) is 14.1. The summed E-state index contributed by atoms with van der Waals surface area (Å²) in [6.45, 7) is 9.32. The number of alkyl halides is 3. The van der Waals surface area contributed by atoms with Crippen LogP contribution in [0.2, 0.25) is 0 Å². The number of hydrogen-bond acceptors (Lipinski definition) is 6. The van der Waals surface area contributed by atoms with Gasteiger partial charge in [0.05, 0.1) is 24.7 Å². The molecule has 240 valence electrons. The van der Waals surface area contributed by atoms with Crippen molar-refractivity contribution >= 4 is 12.0 Å². The fourth-order valence-electron chi connectivity index (χ4n) is 7.62. The number of carbonyl (C=O) groups is 2. The van der Waals surface area contributed by atoms with Crippen LogP contribution in [0.3, 0.4) is 0 Å². The summed E-state index contributed by atoms with van der Waals surface area (Å²) >= 11 is 0. The molecule has 8 nitrogen and oxygen atoms in total. The predicted octanol–water partition coefficient (Wildman–Crippen LogP) is 5.81. The molecule has 1 aliphatic carbocycles. The number of hydrogen-bond donors (Lipinski definition) is 0. The van der Waals surface area contributed by atoms with Gasteiger partial charge >= 0.3 is 12.5 Å². The Morgan fingerprint density at radius 1 is 1.14 bits per heavy atom. The Bertz CT molecular complexity index is 1170. The molecule has 3 aliphatic heterocycles. The maximum absolute atomic E-state index is 14.5. The molecule has 0 aromatic heterocycles. The molecule has 1 aromatic rings. The van der Waals surface area contributed by atoms with Crippen molar-refractivity contribution in [3.05, 3.63) is 29.3 Å². The first kappa shape index (κ1) is 31.9. The van der Waals surface area contributed by atoms with Gasteiger partial charge in [-0.25, -0.2) is 4.79 Å². The molecule has 0 radical (unpaired) electrons. The Labute approximate surface area is 252 Å². The van der Waals surface area contributed by atoms with Gasteiger partial charge in [0.25, 0.3) is 0 Å². The molecule has 2 saturated heterocycles. The zero-order valence-electron chi connectivity index (χ0n) is 25.7. The first-order valence-corrected chi connectivity index (χ1v) is 15.5. The standard InChI is InChI=1S/C32H45F3N2O6/c1-30(2,3)9-12-42-29(39)37-18-25-14-21(13-23-8-11-41-19-27(23)40-4)16-31(25,20-37)28(38)36-10-7-22-5-6-26(15-24(22)17-36)43-32(33,34)35/h5-6,15,21,23,25,27H,7-14,16-20H2,1-4H3/t21-,23?,25+,27?,31+/m1/s1. The topological polar surface area (TPSA) is 77.5 Å². The van der Waals surface area contributed by atoms with E-state index in [1.807, 2.05) is 0 Å². The van der Waals surface area contributed by atoms with Gasteiger partial charge in [0, 0.05) is 39.9 Å². The number of ether oxygens (including phenoxy) is 4. The summed E-state index contributed by atoms with van der Waals surface area (Å²) < 4.78 is 59.7. The van der Waals surface area contributed by atoms with Crippen LogP contribution in [-0.4, -0.2) is 80.8 Å². The molecule has 0 bridgehead atoms. The molecule has 3 fully saturated rings. The minimum atomic E-state index is -4.79. The van der Waals surface area contributed by atoms with E-state index in [2.05, 4.69) is 25.5 Å². The second-order valence-electron chi connectivity index (χ2n) is 14.1. The summed E-state index contributed by atoms with van der Waals surface area (Å²) in [7, 11) is 1.71. The van der Waals surface area contributed by atoms with Crippen LogP contribution in [-0.2, 0) is 32.0 Å². The van der Waals surface area contributed by atoms with Gasteiger partial charge in [0.1, 0.15) is 5.75 Å². The van der Waals surface area contributed by atoms with Crippen LogP contribution in [0.4, 0.5) is 18.0 Å². The van der Waals surface area contributed by atoms with Crippen LogP contribution < -0.4 is 4.74 Å². The van der Waals surface area contributed by atoms with Crippen LogP contribution >= 0.6 is 0 Å². The van der Waals surface area contributed by atoms with Gasteiger partial charge in [0.2, 0.25) is 5.91 Å². The normalized spacial score (nSPS) is 29.3. The molecule has 5 atom stereocenters. The van der Waals surface area contributed by atoms with E-state index in [-0.39, 0.29) is 41.7 Å². The fourth-order valence-corrected chi connectivity index (χ4v) is 7.62. The lowest BCUT2D eigenvalue weighted by Crippen LogP contribution is -2.49. The van der Waals surface area contributed by atoms with Gasteiger partial charge < -0.3 is 28.7 Å². The molecule has 2 amide bonds. The Balaban J connectivity index is 1.33. The van der Waals surface area contributed by atoms with E-state index in [1.165, 1.54) is 12.1 Å². The monoisotopic (exact) mass is 610 g/mol. The maximum atomic E-state index is 14.5. The maximum Gasteiger partial charge on any atom is 0.573 e. The average Bonchev–Trinajstić information content (AvgIpc) is 3.46. The van der Waals surface area contributed by atoms with Gasteiger partial charge in [0.15, 0.2) is 0 Å². The van der Waals surface area contributed by atoms with Crippen molar-refractivity contribution in [1.29, 1.82) is 0 Å². The van der Waals surface area contributed by atoms with Crippen molar-refractivity contribution in [2.75, 3.05) is 46.6 Å². The summed E-state index contributed by atoms with van der Waals surface area (Å²) in [5.74, 6) is 0.335. The van der Waals surface area contributed by atoms with E-state index in [0.29, 0.717) is 69.7 Å². The Hall–Kier alpha value is -2.53. The molecule has 1 saturated carbocycles. The number of likely N-dealkylation sites (tertiary alicyclic amines) is 1. The molecule has 2 unspecified atom stereocenters. The van der Waals surface area contributed by atoms with E-state index in [0.717, 1.165) is 31.2 Å². The zero-order chi connectivity index (χ0) is 31.0. The number of benzene rings is 1. The van der Waals surface area contributed by atoms with Crippen LogP contribution in [0, 0.1) is 28.6 Å². The molecular formula is C32H45F3N2O6. The minimum Gasteiger partial charge on any atom is -0.449 e. The van der Waals surface area contributed by atoms with Gasteiger partial charge in [-0.1, -0.05) is 26.8 Å². The molecule has 43 heavy (non-hydrogen) atoms. The molecular weight excluding hydrogens is 565 g/mol. The van der Waals surface area contributed by atoms with Crippen molar-refractivity contribution in [3.8, 4) is 5.75 Å². The molecule has 0 N–H and O–H groups in total. The number of nitrogens with zero attached hydrogens (tertiary/aromatic N) is 2. The third-order valence-electron chi connectivity index (χ3n) is 9.82. The first-order chi connectivity index (χ1) is 20.3. The number of halogens is 3. The highest BCUT2D eigenvalue weighted by Gasteiger charge is 2.60. The summed E-state index contributed by atoms with van der Waals surface area (Å²) in [6.07, 6.45) is -0.510. The highest BCUT2D eigenvalue weighted by atomic mass is 19.4. The second kappa shape index (κ2) is 12.5. The van der Waals surface area contributed by atoms with Gasteiger partial charge in [-0.05, 0) is 85.0 Å². The number of rotatable bonds is 7. The van der Waals surface area contributed by atoms with Crippen LogP contribution in [0.25, 0.3) is 0 Å². The average molecular weight is 611 g/mol. The molecule has 11 heteroatoms. The minimum absolute atomic E-state index is 0.0118. The lowest BCUT2D eigenvalue weighted by molar-refractivity contribution is -0.274. The lowest BCUT2D eigenvalue weighted by Gasteiger charge is -2.37. The third-order valence-corrected chi connectivity index (χ3v) is 9.82. The van der Waals surface area contributed by atoms with E-state index in [9.17, 15) is 22.8 Å². The summed E-state index contributed by atoms with van der Waals surface area (Å²) in [5, 5.41) is 0. The summed E-state index contributed by atoms with van der Waals surface area (Å²) in [6, 6.07) is 4.36. The quantitative estimate of drug-likeness (QED) is 0.388. The van der Waals surface area contributed by atoms with Crippen LogP contribution in [0.1, 0.15) is 64.0 Å². The van der Waals surface area contributed by atoms with Crippen molar-refractivity contribution in [2.45, 2.75) is 78.3 Å². The SMILES string of the molecule is COC1COCCC1C[C@@H]1C[C@H]2CN(C(=O)OCCC(C)(C)C)C[C@@]2(C(=O)N2CCc3ccc(OC(F)(F)F)cc3C2)C1. The number of amides is 2. The molecule has 3 heterocycles.